The minimum Gasteiger partial charge on any atom is -0.451 e. The molecule has 0 aliphatic carbocycles. The Hall–Kier alpha value is -2.90. The molecule has 0 radical (unpaired) electrons. The number of pyridine rings is 1. The van der Waals surface area contributed by atoms with Crippen molar-refractivity contribution in [3.63, 3.8) is 0 Å². The average molecular weight is 419 g/mol. The topological polar surface area (TPSA) is 86.1 Å². The summed E-state index contributed by atoms with van der Waals surface area (Å²) >= 11 is 11.9. The molecule has 0 saturated heterocycles. The van der Waals surface area contributed by atoms with Crippen molar-refractivity contribution >= 4 is 40.8 Å². The maximum Gasteiger partial charge on any atom is 0.359 e. The Bertz CT molecular complexity index is 1030. The van der Waals surface area contributed by atoms with Crippen molar-refractivity contribution in [2.75, 3.05) is 11.9 Å². The van der Waals surface area contributed by atoms with E-state index < -0.39 is 18.5 Å². The van der Waals surface area contributed by atoms with Gasteiger partial charge in [0.25, 0.3) is 5.91 Å². The highest BCUT2D eigenvalue weighted by molar-refractivity contribution is 6.33. The highest BCUT2D eigenvalue weighted by Gasteiger charge is 2.18. The van der Waals surface area contributed by atoms with Gasteiger partial charge in [-0.1, -0.05) is 23.2 Å². The number of ether oxygens (including phenoxy) is 1. The van der Waals surface area contributed by atoms with Crippen LogP contribution in [-0.4, -0.2) is 33.2 Å². The van der Waals surface area contributed by atoms with Crippen molar-refractivity contribution in [3.05, 3.63) is 69.6 Å². The number of carbonyl (C=O) groups is 2. The highest BCUT2D eigenvalue weighted by atomic mass is 35.5. The molecule has 0 saturated carbocycles. The van der Waals surface area contributed by atoms with Crippen LogP contribution in [0.4, 0.5) is 5.69 Å². The first kappa shape index (κ1) is 19.9. The van der Waals surface area contributed by atoms with Crippen molar-refractivity contribution < 1.29 is 14.3 Å². The number of rotatable bonds is 5. The molecule has 0 fully saturated rings. The summed E-state index contributed by atoms with van der Waals surface area (Å²) in [4.78, 5) is 28.5. The lowest BCUT2D eigenvalue weighted by atomic mass is 10.3. The van der Waals surface area contributed by atoms with E-state index in [1.165, 1.54) is 6.07 Å². The zero-order valence-corrected chi connectivity index (χ0v) is 16.6. The molecule has 3 rings (SSSR count). The SMILES string of the molecule is Cc1cc(C)n(-c2ccc(Cl)c(C(=O)OCC(=O)Nc3ccc(Cl)cc3)n2)n1. The van der Waals surface area contributed by atoms with Crippen LogP contribution in [0.25, 0.3) is 5.82 Å². The van der Waals surface area contributed by atoms with Crippen molar-refractivity contribution in [2.45, 2.75) is 13.8 Å². The van der Waals surface area contributed by atoms with E-state index in [1.54, 1.807) is 35.0 Å². The van der Waals surface area contributed by atoms with E-state index in [-0.39, 0.29) is 10.7 Å². The molecule has 1 amide bonds. The van der Waals surface area contributed by atoms with E-state index in [0.29, 0.717) is 16.5 Å². The van der Waals surface area contributed by atoms with Gasteiger partial charge >= 0.3 is 5.97 Å². The number of halogens is 2. The number of nitrogens with one attached hydrogen (secondary N) is 1. The van der Waals surface area contributed by atoms with Gasteiger partial charge in [0.05, 0.1) is 10.7 Å². The monoisotopic (exact) mass is 418 g/mol. The fraction of sp³-hybridized carbons (Fsp3) is 0.158. The smallest absolute Gasteiger partial charge is 0.359 e. The fourth-order valence-corrected chi connectivity index (χ4v) is 2.79. The Labute approximate surface area is 171 Å². The summed E-state index contributed by atoms with van der Waals surface area (Å²) in [5.74, 6) is -0.881. The molecule has 0 atom stereocenters. The minimum absolute atomic E-state index is 0.0917. The lowest BCUT2D eigenvalue weighted by Crippen LogP contribution is -2.21. The lowest BCUT2D eigenvalue weighted by molar-refractivity contribution is -0.119. The van der Waals surface area contributed by atoms with E-state index in [9.17, 15) is 9.59 Å². The summed E-state index contributed by atoms with van der Waals surface area (Å²) in [7, 11) is 0. The number of hydrogen-bond donors (Lipinski definition) is 1. The van der Waals surface area contributed by atoms with Gasteiger partial charge < -0.3 is 10.1 Å². The summed E-state index contributed by atoms with van der Waals surface area (Å²) in [6.07, 6.45) is 0. The van der Waals surface area contributed by atoms with Crippen LogP contribution in [0.5, 0.6) is 0 Å². The molecule has 0 aliphatic heterocycles. The number of aromatic nitrogens is 3. The normalized spacial score (nSPS) is 10.6. The Morgan fingerprint density at radius 2 is 1.82 bits per heavy atom. The summed E-state index contributed by atoms with van der Waals surface area (Å²) in [5, 5.41) is 7.59. The first-order valence-electron chi connectivity index (χ1n) is 8.26. The molecule has 0 bridgehead atoms. The maximum atomic E-state index is 12.3. The van der Waals surface area contributed by atoms with Gasteiger partial charge in [-0.15, -0.1) is 0 Å². The summed E-state index contributed by atoms with van der Waals surface area (Å²) in [6.45, 7) is 3.24. The third-order valence-corrected chi connectivity index (χ3v) is 4.27. The van der Waals surface area contributed by atoms with Gasteiger partial charge in [-0.25, -0.2) is 14.5 Å². The Kier molecular flexibility index (Phi) is 5.96. The van der Waals surface area contributed by atoms with Crippen molar-refractivity contribution in [1.82, 2.24) is 14.8 Å². The van der Waals surface area contributed by atoms with Crippen molar-refractivity contribution in [1.29, 1.82) is 0 Å². The predicted molar refractivity (Wildman–Crippen MR) is 106 cm³/mol. The number of aryl methyl sites for hydroxylation is 2. The molecular weight excluding hydrogens is 403 g/mol. The number of amides is 1. The first-order valence-corrected chi connectivity index (χ1v) is 9.02. The van der Waals surface area contributed by atoms with Crippen LogP contribution in [-0.2, 0) is 9.53 Å². The van der Waals surface area contributed by atoms with Gasteiger partial charge in [-0.05, 0) is 56.3 Å². The summed E-state index contributed by atoms with van der Waals surface area (Å²) < 4.78 is 6.63. The summed E-state index contributed by atoms with van der Waals surface area (Å²) in [5.41, 5.74) is 2.12. The average Bonchev–Trinajstić information content (AvgIpc) is 3.00. The second-order valence-corrected chi connectivity index (χ2v) is 6.81. The van der Waals surface area contributed by atoms with E-state index in [0.717, 1.165) is 11.4 Å². The molecule has 2 aromatic heterocycles. The Balaban J connectivity index is 1.68. The van der Waals surface area contributed by atoms with Gasteiger partial charge in [-0.2, -0.15) is 5.10 Å². The zero-order valence-electron chi connectivity index (χ0n) is 15.1. The standard InChI is InChI=1S/C19H16Cl2N4O3/c1-11-9-12(2)25(24-11)16-8-7-15(21)18(23-16)19(27)28-10-17(26)22-14-5-3-13(20)4-6-14/h3-9H,10H2,1-2H3,(H,22,26). The molecule has 144 valence electrons. The molecule has 28 heavy (non-hydrogen) atoms. The third kappa shape index (κ3) is 4.68. The van der Waals surface area contributed by atoms with Crippen LogP contribution in [0.3, 0.4) is 0 Å². The third-order valence-electron chi connectivity index (χ3n) is 3.71. The van der Waals surface area contributed by atoms with Crippen LogP contribution >= 0.6 is 23.2 Å². The summed E-state index contributed by atoms with van der Waals surface area (Å²) in [6, 6.07) is 11.6. The zero-order chi connectivity index (χ0) is 20.3. The van der Waals surface area contributed by atoms with Gasteiger partial charge in [0.15, 0.2) is 18.1 Å². The van der Waals surface area contributed by atoms with Crippen LogP contribution in [0.2, 0.25) is 10.0 Å². The second-order valence-electron chi connectivity index (χ2n) is 5.97. The highest BCUT2D eigenvalue weighted by Crippen LogP contribution is 2.19. The largest absolute Gasteiger partial charge is 0.451 e. The number of hydrogen-bond acceptors (Lipinski definition) is 5. The van der Waals surface area contributed by atoms with Gasteiger partial charge in [-0.3, -0.25) is 4.79 Å². The number of carbonyl (C=O) groups excluding carboxylic acids is 2. The van der Waals surface area contributed by atoms with E-state index in [2.05, 4.69) is 15.4 Å². The number of esters is 1. The van der Waals surface area contributed by atoms with Crippen molar-refractivity contribution in [3.8, 4) is 5.82 Å². The Morgan fingerprint density at radius 1 is 1.11 bits per heavy atom. The lowest BCUT2D eigenvalue weighted by Gasteiger charge is -2.09. The van der Waals surface area contributed by atoms with E-state index >= 15 is 0 Å². The molecule has 2 heterocycles. The molecule has 7 nitrogen and oxygen atoms in total. The minimum atomic E-state index is -0.806. The number of anilines is 1. The predicted octanol–water partition coefficient (Wildman–Crippen LogP) is 3.99. The quantitative estimate of drug-likeness (QED) is 0.633. The molecular formula is C19H16Cl2N4O3. The van der Waals surface area contributed by atoms with Crippen LogP contribution in [0.15, 0.2) is 42.5 Å². The second kappa shape index (κ2) is 8.41. The van der Waals surface area contributed by atoms with Crippen LogP contribution in [0.1, 0.15) is 21.9 Å². The van der Waals surface area contributed by atoms with Crippen LogP contribution in [0, 0.1) is 13.8 Å². The molecule has 3 aromatic rings. The van der Waals surface area contributed by atoms with Crippen molar-refractivity contribution in [2.24, 2.45) is 0 Å². The molecule has 0 spiro atoms. The van der Waals surface area contributed by atoms with E-state index in [1.807, 2.05) is 19.9 Å². The first-order chi connectivity index (χ1) is 13.3. The molecule has 1 aromatic carbocycles. The molecule has 0 unspecified atom stereocenters. The van der Waals surface area contributed by atoms with Crippen LogP contribution < -0.4 is 5.32 Å². The fourth-order valence-electron chi connectivity index (χ4n) is 2.48. The molecule has 0 aliphatic rings. The molecule has 9 heteroatoms. The number of benzene rings is 1. The van der Waals surface area contributed by atoms with Gasteiger partial charge in [0, 0.05) is 16.4 Å². The van der Waals surface area contributed by atoms with Gasteiger partial charge in [0.1, 0.15) is 0 Å². The molecule has 1 N–H and O–H groups in total. The maximum absolute atomic E-state index is 12.3. The Morgan fingerprint density at radius 3 is 2.46 bits per heavy atom. The van der Waals surface area contributed by atoms with Gasteiger partial charge in [0.2, 0.25) is 0 Å². The number of nitrogens with zero attached hydrogens (tertiary/aromatic N) is 3. The van der Waals surface area contributed by atoms with E-state index in [4.69, 9.17) is 27.9 Å².